The fourth-order valence-corrected chi connectivity index (χ4v) is 1.64. The van der Waals surface area contributed by atoms with Gasteiger partial charge in [-0.1, -0.05) is 12.1 Å². The zero-order valence-corrected chi connectivity index (χ0v) is 9.14. The largest absolute Gasteiger partial charge is 0.496 e. The second-order valence-electron chi connectivity index (χ2n) is 3.36. The first-order chi connectivity index (χ1) is 7.86. The van der Waals surface area contributed by atoms with Crippen LogP contribution >= 0.6 is 0 Å². The lowest BCUT2D eigenvalue weighted by molar-refractivity contribution is 0.416. The highest BCUT2D eigenvalue weighted by molar-refractivity contribution is 5.68. The van der Waals surface area contributed by atoms with Crippen LogP contribution in [0, 0.1) is 0 Å². The van der Waals surface area contributed by atoms with Gasteiger partial charge in [0.15, 0.2) is 6.39 Å². The summed E-state index contributed by atoms with van der Waals surface area (Å²) in [6.07, 6.45) is 2.11. The summed E-state index contributed by atoms with van der Waals surface area (Å²) >= 11 is 0. The molecule has 0 fully saturated rings. The molecule has 0 aliphatic heterocycles. The minimum Gasteiger partial charge on any atom is -0.496 e. The Kier molecular flexibility index (Phi) is 3.22. The van der Waals surface area contributed by atoms with Gasteiger partial charge in [0, 0.05) is 12.0 Å². The molecule has 4 heteroatoms. The van der Waals surface area contributed by atoms with Crippen LogP contribution in [-0.2, 0) is 6.42 Å². The molecule has 16 heavy (non-hydrogen) atoms. The number of aromatic nitrogens is 1. The van der Waals surface area contributed by atoms with Crippen molar-refractivity contribution in [3.8, 4) is 17.0 Å². The zero-order chi connectivity index (χ0) is 11.4. The molecule has 2 rings (SSSR count). The van der Waals surface area contributed by atoms with Crippen molar-refractivity contribution in [1.29, 1.82) is 0 Å². The molecule has 1 heterocycles. The molecule has 0 bridgehead atoms. The van der Waals surface area contributed by atoms with E-state index in [1.807, 2.05) is 24.3 Å². The summed E-state index contributed by atoms with van der Waals surface area (Å²) in [4.78, 5) is 4.21. The molecule has 0 radical (unpaired) electrons. The molecule has 0 spiro atoms. The third-order valence-electron chi connectivity index (χ3n) is 2.37. The second kappa shape index (κ2) is 4.81. The van der Waals surface area contributed by atoms with E-state index in [1.54, 1.807) is 7.11 Å². The monoisotopic (exact) mass is 218 g/mol. The highest BCUT2D eigenvalue weighted by Crippen LogP contribution is 2.30. The number of methoxy groups -OCH3 is 1. The number of nitrogens with zero attached hydrogens (tertiary/aromatic N) is 1. The van der Waals surface area contributed by atoms with Gasteiger partial charge in [0.05, 0.1) is 7.11 Å². The predicted octanol–water partition coefficient (Wildman–Crippen LogP) is 1.85. The van der Waals surface area contributed by atoms with Gasteiger partial charge >= 0.3 is 0 Å². The fourth-order valence-electron chi connectivity index (χ4n) is 1.64. The standard InChI is InChI=1S/C12H14N2O2/c1-15-10-5-3-2-4-9(10)12-11(6-7-13)16-8-14-12/h2-5,8H,6-7,13H2,1H3. The van der Waals surface area contributed by atoms with Crippen LogP contribution in [0.15, 0.2) is 35.1 Å². The van der Waals surface area contributed by atoms with E-state index >= 15 is 0 Å². The van der Waals surface area contributed by atoms with E-state index in [2.05, 4.69) is 4.98 Å². The maximum atomic E-state index is 5.52. The molecule has 0 aliphatic carbocycles. The summed E-state index contributed by atoms with van der Waals surface area (Å²) in [6.45, 7) is 0.539. The van der Waals surface area contributed by atoms with Crippen LogP contribution in [0.4, 0.5) is 0 Å². The summed E-state index contributed by atoms with van der Waals surface area (Å²) in [5.74, 6) is 1.58. The van der Waals surface area contributed by atoms with Gasteiger partial charge in [-0.15, -0.1) is 0 Å². The Bertz CT molecular complexity index is 466. The van der Waals surface area contributed by atoms with Crippen molar-refractivity contribution in [1.82, 2.24) is 4.98 Å². The van der Waals surface area contributed by atoms with Gasteiger partial charge in [-0.25, -0.2) is 4.98 Å². The zero-order valence-electron chi connectivity index (χ0n) is 9.14. The second-order valence-corrected chi connectivity index (χ2v) is 3.36. The van der Waals surface area contributed by atoms with Crippen molar-refractivity contribution in [2.75, 3.05) is 13.7 Å². The summed E-state index contributed by atoms with van der Waals surface area (Å²) in [7, 11) is 1.64. The fraction of sp³-hybridized carbons (Fsp3) is 0.250. The van der Waals surface area contributed by atoms with E-state index in [1.165, 1.54) is 6.39 Å². The normalized spacial score (nSPS) is 10.4. The number of ether oxygens (including phenoxy) is 1. The van der Waals surface area contributed by atoms with E-state index in [-0.39, 0.29) is 0 Å². The summed E-state index contributed by atoms with van der Waals surface area (Å²) in [6, 6.07) is 7.72. The molecule has 1 aromatic heterocycles. The van der Waals surface area contributed by atoms with Crippen LogP contribution in [-0.4, -0.2) is 18.6 Å². The molecule has 0 unspecified atom stereocenters. The summed E-state index contributed by atoms with van der Waals surface area (Å²) in [5.41, 5.74) is 7.26. The Morgan fingerprint density at radius 1 is 1.38 bits per heavy atom. The molecular weight excluding hydrogens is 204 g/mol. The third-order valence-corrected chi connectivity index (χ3v) is 2.37. The van der Waals surface area contributed by atoms with Gasteiger partial charge in [-0.05, 0) is 18.7 Å². The first-order valence-corrected chi connectivity index (χ1v) is 5.12. The average Bonchev–Trinajstić information content (AvgIpc) is 2.77. The smallest absolute Gasteiger partial charge is 0.181 e. The number of nitrogens with two attached hydrogens (primary N) is 1. The van der Waals surface area contributed by atoms with Crippen molar-refractivity contribution in [2.45, 2.75) is 6.42 Å². The lowest BCUT2D eigenvalue weighted by Crippen LogP contribution is -2.03. The van der Waals surface area contributed by atoms with Crippen LogP contribution < -0.4 is 10.5 Å². The van der Waals surface area contributed by atoms with Crippen LogP contribution in [0.2, 0.25) is 0 Å². The Morgan fingerprint density at radius 2 is 2.19 bits per heavy atom. The van der Waals surface area contributed by atoms with Gasteiger partial charge in [0.25, 0.3) is 0 Å². The number of rotatable bonds is 4. The molecule has 0 amide bonds. The summed E-state index contributed by atoms with van der Waals surface area (Å²) < 4.78 is 10.6. The highest BCUT2D eigenvalue weighted by atomic mass is 16.5. The molecule has 1 aromatic carbocycles. The van der Waals surface area contributed by atoms with Crippen molar-refractivity contribution in [2.24, 2.45) is 5.73 Å². The Hall–Kier alpha value is -1.81. The van der Waals surface area contributed by atoms with E-state index in [4.69, 9.17) is 14.9 Å². The molecule has 2 N–H and O–H groups in total. The van der Waals surface area contributed by atoms with Gasteiger partial charge in [0.1, 0.15) is 17.2 Å². The number of benzene rings is 1. The van der Waals surface area contributed by atoms with Gasteiger partial charge < -0.3 is 14.9 Å². The topological polar surface area (TPSA) is 61.3 Å². The molecule has 0 aliphatic rings. The van der Waals surface area contributed by atoms with E-state index in [9.17, 15) is 0 Å². The third kappa shape index (κ3) is 1.92. The Labute approximate surface area is 94.1 Å². The Morgan fingerprint density at radius 3 is 2.94 bits per heavy atom. The minimum absolute atomic E-state index is 0.539. The summed E-state index contributed by atoms with van der Waals surface area (Å²) in [5, 5.41) is 0. The van der Waals surface area contributed by atoms with Gasteiger partial charge in [-0.3, -0.25) is 0 Å². The predicted molar refractivity (Wildman–Crippen MR) is 61.2 cm³/mol. The molecule has 0 saturated carbocycles. The number of hydrogen-bond donors (Lipinski definition) is 1. The average molecular weight is 218 g/mol. The maximum Gasteiger partial charge on any atom is 0.181 e. The highest BCUT2D eigenvalue weighted by Gasteiger charge is 2.13. The van der Waals surface area contributed by atoms with Crippen molar-refractivity contribution >= 4 is 0 Å². The Balaban J connectivity index is 2.45. The lowest BCUT2D eigenvalue weighted by atomic mass is 10.1. The van der Waals surface area contributed by atoms with E-state index in [0.717, 1.165) is 22.8 Å². The lowest BCUT2D eigenvalue weighted by Gasteiger charge is -2.06. The maximum absolute atomic E-state index is 5.52. The molecule has 84 valence electrons. The van der Waals surface area contributed by atoms with E-state index in [0.29, 0.717) is 13.0 Å². The van der Waals surface area contributed by atoms with Crippen LogP contribution in [0.1, 0.15) is 5.76 Å². The quantitative estimate of drug-likeness (QED) is 0.850. The van der Waals surface area contributed by atoms with Crippen molar-refractivity contribution in [3.63, 3.8) is 0 Å². The molecule has 2 aromatic rings. The van der Waals surface area contributed by atoms with Crippen molar-refractivity contribution < 1.29 is 9.15 Å². The SMILES string of the molecule is COc1ccccc1-c1ncoc1CCN. The molecule has 4 nitrogen and oxygen atoms in total. The number of oxazole rings is 1. The van der Waals surface area contributed by atoms with Crippen LogP contribution in [0.5, 0.6) is 5.75 Å². The van der Waals surface area contributed by atoms with Gasteiger partial charge in [-0.2, -0.15) is 0 Å². The first-order valence-electron chi connectivity index (χ1n) is 5.12. The van der Waals surface area contributed by atoms with E-state index < -0.39 is 0 Å². The molecule has 0 saturated heterocycles. The van der Waals surface area contributed by atoms with Crippen molar-refractivity contribution in [3.05, 3.63) is 36.4 Å². The minimum atomic E-state index is 0.539. The molecule has 0 atom stereocenters. The van der Waals surface area contributed by atoms with Crippen LogP contribution in [0.25, 0.3) is 11.3 Å². The number of hydrogen-bond acceptors (Lipinski definition) is 4. The molecular formula is C12H14N2O2. The van der Waals surface area contributed by atoms with Crippen LogP contribution in [0.3, 0.4) is 0 Å². The van der Waals surface area contributed by atoms with Gasteiger partial charge in [0.2, 0.25) is 0 Å². The number of para-hydroxylation sites is 1. The first kappa shape index (κ1) is 10.7.